The van der Waals surface area contributed by atoms with Crippen molar-refractivity contribution in [3.8, 4) is 5.75 Å². The molecule has 0 aliphatic rings. The van der Waals surface area contributed by atoms with E-state index in [1.807, 2.05) is 17.5 Å². The fourth-order valence-corrected chi connectivity index (χ4v) is 2.95. The maximum absolute atomic E-state index is 12.3. The molecule has 1 atom stereocenters. The van der Waals surface area contributed by atoms with Gasteiger partial charge in [0.05, 0.1) is 11.4 Å². The van der Waals surface area contributed by atoms with Gasteiger partial charge in [0.1, 0.15) is 5.75 Å². The summed E-state index contributed by atoms with van der Waals surface area (Å²) < 4.78 is 6.43. The summed E-state index contributed by atoms with van der Waals surface area (Å²) in [7, 11) is 0. The van der Waals surface area contributed by atoms with Crippen molar-refractivity contribution in [2.24, 2.45) is 0 Å². The number of thiophene rings is 1. The number of amides is 1. The number of carboxylic acids is 1. The van der Waals surface area contributed by atoms with E-state index in [-0.39, 0.29) is 0 Å². The third-order valence-corrected chi connectivity index (χ3v) is 4.26. The molecular weight excluding hydrogens is 328 g/mol. The Labute approximate surface area is 141 Å². The Bertz CT molecular complexity index is 906. The van der Waals surface area contributed by atoms with Crippen molar-refractivity contribution in [3.63, 3.8) is 0 Å². The van der Waals surface area contributed by atoms with Crippen LogP contribution in [0.25, 0.3) is 10.1 Å². The van der Waals surface area contributed by atoms with Crippen LogP contribution >= 0.6 is 11.3 Å². The highest BCUT2D eigenvalue weighted by Crippen LogP contribution is 2.26. The third-order valence-electron chi connectivity index (χ3n) is 3.36. The minimum Gasteiger partial charge on any atom is -0.478 e. The van der Waals surface area contributed by atoms with Crippen LogP contribution in [0.3, 0.4) is 0 Å². The van der Waals surface area contributed by atoms with Crippen LogP contribution in [0.4, 0.5) is 11.4 Å². The normalized spacial score (nSPS) is 11.8. The summed E-state index contributed by atoms with van der Waals surface area (Å²) in [5.41, 5.74) is 6.43. The molecule has 1 heterocycles. The molecule has 1 unspecified atom stereocenters. The first-order chi connectivity index (χ1) is 11.5. The number of carboxylic acid groups (broad SMARTS) is 1. The van der Waals surface area contributed by atoms with Gasteiger partial charge in [-0.05, 0) is 47.2 Å². The van der Waals surface area contributed by atoms with Gasteiger partial charge in [-0.15, -0.1) is 11.3 Å². The average Bonchev–Trinajstić information content (AvgIpc) is 3.02. The summed E-state index contributed by atoms with van der Waals surface area (Å²) >= 11 is 1.57. The van der Waals surface area contributed by atoms with E-state index in [0.717, 1.165) is 10.1 Å². The van der Waals surface area contributed by atoms with Gasteiger partial charge in [0.2, 0.25) is 0 Å². The Kier molecular flexibility index (Phi) is 4.35. The van der Waals surface area contributed by atoms with Crippen LogP contribution in [-0.4, -0.2) is 23.1 Å². The molecule has 0 radical (unpaired) electrons. The second-order valence-electron chi connectivity index (χ2n) is 5.03. The Hall–Kier alpha value is -3.06. The molecule has 3 rings (SSSR count). The Morgan fingerprint density at radius 2 is 1.96 bits per heavy atom. The summed E-state index contributed by atoms with van der Waals surface area (Å²) in [6.07, 6.45) is -1.68. The molecule has 122 valence electrons. The highest BCUT2D eigenvalue weighted by Gasteiger charge is 2.29. The summed E-state index contributed by atoms with van der Waals surface area (Å²) in [6.45, 7) is 0. The predicted molar refractivity (Wildman–Crippen MR) is 93.4 cm³/mol. The number of anilines is 2. The van der Waals surface area contributed by atoms with E-state index in [1.54, 1.807) is 47.7 Å². The predicted octanol–water partition coefficient (Wildman–Crippen LogP) is 2.95. The zero-order valence-corrected chi connectivity index (χ0v) is 13.2. The van der Waals surface area contributed by atoms with E-state index in [0.29, 0.717) is 17.1 Å². The lowest BCUT2D eigenvalue weighted by molar-refractivity contribution is -0.149. The molecule has 1 amide bonds. The van der Waals surface area contributed by atoms with Gasteiger partial charge >= 0.3 is 5.97 Å². The van der Waals surface area contributed by atoms with Crippen LogP contribution in [-0.2, 0) is 9.59 Å². The first-order valence-corrected chi connectivity index (χ1v) is 7.94. The van der Waals surface area contributed by atoms with Gasteiger partial charge in [-0.1, -0.05) is 12.1 Å². The molecule has 0 saturated carbocycles. The van der Waals surface area contributed by atoms with Crippen LogP contribution in [0.15, 0.2) is 53.9 Å². The number of nitrogens with two attached hydrogens (primary N) is 1. The zero-order valence-electron chi connectivity index (χ0n) is 12.4. The van der Waals surface area contributed by atoms with E-state index >= 15 is 0 Å². The van der Waals surface area contributed by atoms with Crippen LogP contribution in [0.1, 0.15) is 0 Å². The molecule has 6 nitrogen and oxygen atoms in total. The Morgan fingerprint density at radius 1 is 1.17 bits per heavy atom. The number of para-hydroxylation sites is 2. The van der Waals surface area contributed by atoms with E-state index in [4.69, 9.17) is 10.5 Å². The molecule has 7 heteroatoms. The van der Waals surface area contributed by atoms with E-state index in [1.165, 1.54) is 0 Å². The topological polar surface area (TPSA) is 102 Å². The van der Waals surface area contributed by atoms with Crippen LogP contribution in [0, 0.1) is 0 Å². The molecule has 2 aromatic carbocycles. The highest BCUT2D eigenvalue weighted by molar-refractivity contribution is 7.17. The monoisotopic (exact) mass is 342 g/mol. The smallest absolute Gasteiger partial charge is 0.354 e. The molecular formula is C17H14N2O4S. The number of nitrogen functional groups attached to an aromatic ring is 1. The molecule has 24 heavy (non-hydrogen) atoms. The van der Waals surface area contributed by atoms with Crippen molar-refractivity contribution in [1.29, 1.82) is 0 Å². The number of fused-ring (bicyclic) bond motifs is 1. The van der Waals surface area contributed by atoms with Crippen molar-refractivity contribution in [1.82, 2.24) is 0 Å². The quantitative estimate of drug-likeness (QED) is 0.489. The fourth-order valence-electron chi connectivity index (χ4n) is 2.18. The minimum atomic E-state index is -1.68. The average molecular weight is 342 g/mol. The number of ether oxygens (including phenoxy) is 1. The maximum Gasteiger partial charge on any atom is 0.354 e. The van der Waals surface area contributed by atoms with Crippen molar-refractivity contribution in [2.75, 3.05) is 11.1 Å². The van der Waals surface area contributed by atoms with Gasteiger partial charge in [0.15, 0.2) is 0 Å². The van der Waals surface area contributed by atoms with Gasteiger partial charge in [-0.3, -0.25) is 4.79 Å². The number of carbonyl (C=O) groups is 2. The third kappa shape index (κ3) is 3.31. The molecule has 0 saturated heterocycles. The van der Waals surface area contributed by atoms with E-state index in [9.17, 15) is 14.7 Å². The molecule has 0 bridgehead atoms. The van der Waals surface area contributed by atoms with E-state index < -0.39 is 18.0 Å². The molecule has 4 N–H and O–H groups in total. The number of hydrogen-bond donors (Lipinski definition) is 3. The van der Waals surface area contributed by atoms with Crippen molar-refractivity contribution in [2.45, 2.75) is 6.10 Å². The number of hydrogen-bond acceptors (Lipinski definition) is 5. The molecule has 0 spiro atoms. The lowest BCUT2D eigenvalue weighted by Gasteiger charge is -2.16. The summed E-state index contributed by atoms with van der Waals surface area (Å²) in [4.78, 5) is 23.7. The zero-order chi connectivity index (χ0) is 17.1. The number of rotatable bonds is 5. The van der Waals surface area contributed by atoms with Crippen molar-refractivity contribution < 1.29 is 19.4 Å². The summed E-state index contributed by atoms with van der Waals surface area (Å²) in [6, 6.07) is 13.7. The van der Waals surface area contributed by atoms with Gasteiger partial charge in [-0.25, -0.2) is 4.79 Å². The highest BCUT2D eigenvalue weighted by atomic mass is 32.1. The standard InChI is InChI=1S/C17H14N2O4S/c18-12-3-1-2-4-13(12)19-16(20)15(17(21)22)23-11-5-6-14-10(9-11)7-8-24-14/h1-9,15H,18H2,(H,19,20)(H,21,22). The molecule has 1 aromatic heterocycles. The largest absolute Gasteiger partial charge is 0.478 e. The van der Waals surface area contributed by atoms with Crippen molar-refractivity contribution in [3.05, 3.63) is 53.9 Å². The molecule has 3 aromatic rings. The number of aliphatic carboxylic acids is 1. The summed E-state index contributed by atoms with van der Waals surface area (Å²) in [5, 5.41) is 14.6. The van der Waals surface area contributed by atoms with Gasteiger partial charge in [0.25, 0.3) is 12.0 Å². The number of nitrogens with one attached hydrogen (secondary N) is 1. The SMILES string of the molecule is Nc1ccccc1NC(=O)C(Oc1ccc2sccc2c1)C(=O)O. The van der Waals surface area contributed by atoms with Crippen LogP contribution in [0.2, 0.25) is 0 Å². The van der Waals surface area contributed by atoms with Gasteiger partial charge in [0, 0.05) is 4.70 Å². The van der Waals surface area contributed by atoms with Gasteiger partial charge in [-0.2, -0.15) is 0 Å². The van der Waals surface area contributed by atoms with E-state index in [2.05, 4.69) is 5.32 Å². The second kappa shape index (κ2) is 6.59. The Balaban J connectivity index is 1.80. The second-order valence-corrected chi connectivity index (χ2v) is 5.98. The van der Waals surface area contributed by atoms with Gasteiger partial charge < -0.3 is 20.9 Å². The molecule has 0 aliphatic heterocycles. The molecule has 0 aliphatic carbocycles. The molecule has 0 fully saturated rings. The first-order valence-electron chi connectivity index (χ1n) is 7.06. The first kappa shape index (κ1) is 15.8. The van der Waals surface area contributed by atoms with Crippen LogP contribution < -0.4 is 15.8 Å². The number of benzene rings is 2. The van der Waals surface area contributed by atoms with Crippen molar-refractivity contribution >= 4 is 44.7 Å². The number of carbonyl (C=O) groups excluding carboxylic acids is 1. The lowest BCUT2D eigenvalue weighted by Crippen LogP contribution is -2.39. The summed E-state index contributed by atoms with van der Waals surface area (Å²) in [5.74, 6) is -1.87. The fraction of sp³-hybridized carbons (Fsp3) is 0.0588. The minimum absolute atomic E-state index is 0.310. The maximum atomic E-state index is 12.3. The Morgan fingerprint density at radius 3 is 2.71 bits per heavy atom. The lowest BCUT2D eigenvalue weighted by atomic mass is 10.2. The van der Waals surface area contributed by atoms with Crippen LogP contribution in [0.5, 0.6) is 5.75 Å².